The topological polar surface area (TPSA) is 61.4 Å². The number of nitrogens with one attached hydrogen (secondary N) is 2. The van der Waals surface area contributed by atoms with Crippen molar-refractivity contribution in [2.45, 2.75) is 44.2 Å². The quantitative estimate of drug-likeness (QED) is 0.683. The van der Waals surface area contributed by atoms with E-state index in [1.807, 2.05) is 0 Å². The standard InChI is InChI=1S/C14H27N3O2S/c1-20(19)11-3-7-16-14(18)13-4-2-10-17(13)12-5-8-15-9-6-12/h12-13,15H,2-11H2,1H3,(H,16,18). The molecule has 0 spiro atoms. The lowest BCUT2D eigenvalue weighted by atomic mass is 10.0. The Hall–Kier alpha value is -0.460. The van der Waals surface area contributed by atoms with Gasteiger partial charge in [-0.3, -0.25) is 13.9 Å². The first kappa shape index (κ1) is 15.9. The summed E-state index contributed by atoms with van der Waals surface area (Å²) in [5, 5.41) is 6.40. The normalized spacial score (nSPS) is 26.6. The van der Waals surface area contributed by atoms with Crippen molar-refractivity contribution in [3.63, 3.8) is 0 Å². The van der Waals surface area contributed by atoms with Gasteiger partial charge in [-0.1, -0.05) is 0 Å². The zero-order valence-corrected chi connectivity index (χ0v) is 13.2. The molecule has 0 bridgehead atoms. The molecule has 116 valence electrons. The first-order valence-electron chi connectivity index (χ1n) is 7.72. The third-order valence-electron chi connectivity index (χ3n) is 4.28. The number of rotatable bonds is 6. The number of nitrogens with zero attached hydrogens (tertiary/aromatic N) is 1. The average molecular weight is 301 g/mol. The van der Waals surface area contributed by atoms with Crippen LogP contribution < -0.4 is 10.6 Å². The summed E-state index contributed by atoms with van der Waals surface area (Å²) in [6.45, 7) is 3.84. The molecule has 0 aliphatic carbocycles. The smallest absolute Gasteiger partial charge is 0.237 e. The summed E-state index contributed by atoms with van der Waals surface area (Å²) < 4.78 is 11.0. The first-order chi connectivity index (χ1) is 9.68. The zero-order valence-electron chi connectivity index (χ0n) is 12.4. The van der Waals surface area contributed by atoms with Crippen molar-refractivity contribution >= 4 is 16.7 Å². The van der Waals surface area contributed by atoms with Crippen molar-refractivity contribution in [3.05, 3.63) is 0 Å². The molecular formula is C14H27N3O2S. The van der Waals surface area contributed by atoms with Crippen LogP contribution >= 0.6 is 0 Å². The number of amides is 1. The molecule has 2 heterocycles. The number of hydrogen-bond donors (Lipinski definition) is 2. The fraction of sp³-hybridized carbons (Fsp3) is 0.929. The second-order valence-electron chi connectivity index (χ2n) is 5.80. The van der Waals surface area contributed by atoms with E-state index in [4.69, 9.17) is 0 Å². The predicted octanol–water partition coefficient (Wildman–Crippen LogP) is 0.0876. The van der Waals surface area contributed by atoms with Gasteiger partial charge in [0.25, 0.3) is 0 Å². The molecule has 2 aliphatic heterocycles. The lowest BCUT2D eigenvalue weighted by Crippen LogP contribution is -2.50. The van der Waals surface area contributed by atoms with E-state index in [2.05, 4.69) is 15.5 Å². The highest BCUT2D eigenvalue weighted by molar-refractivity contribution is 7.84. The second kappa shape index (κ2) is 8.10. The Morgan fingerprint density at radius 1 is 1.35 bits per heavy atom. The molecule has 0 saturated carbocycles. The molecule has 0 aromatic carbocycles. The van der Waals surface area contributed by atoms with Gasteiger partial charge in [-0.25, -0.2) is 0 Å². The highest BCUT2D eigenvalue weighted by Gasteiger charge is 2.35. The maximum Gasteiger partial charge on any atom is 0.237 e. The molecule has 2 atom stereocenters. The van der Waals surface area contributed by atoms with Crippen LogP contribution in [0.1, 0.15) is 32.1 Å². The number of hydrogen-bond acceptors (Lipinski definition) is 4. The van der Waals surface area contributed by atoms with Crippen molar-refractivity contribution in [3.8, 4) is 0 Å². The Kier molecular flexibility index (Phi) is 6.45. The fourth-order valence-corrected chi connectivity index (χ4v) is 3.80. The highest BCUT2D eigenvalue weighted by atomic mass is 32.2. The van der Waals surface area contributed by atoms with Crippen LogP contribution in [0.5, 0.6) is 0 Å². The van der Waals surface area contributed by atoms with Crippen LogP contribution in [0.2, 0.25) is 0 Å². The van der Waals surface area contributed by atoms with Crippen molar-refractivity contribution < 1.29 is 9.00 Å². The van der Waals surface area contributed by atoms with Gasteiger partial charge < -0.3 is 10.6 Å². The minimum absolute atomic E-state index is 0.0604. The first-order valence-corrected chi connectivity index (χ1v) is 9.45. The Balaban J connectivity index is 1.77. The molecule has 20 heavy (non-hydrogen) atoms. The Bertz CT molecular complexity index is 345. The molecule has 0 aromatic heterocycles. The maximum atomic E-state index is 12.3. The van der Waals surface area contributed by atoms with Gasteiger partial charge in [0.15, 0.2) is 0 Å². The van der Waals surface area contributed by atoms with Crippen LogP contribution in [0.25, 0.3) is 0 Å². The molecule has 0 radical (unpaired) electrons. The highest BCUT2D eigenvalue weighted by Crippen LogP contribution is 2.24. The van der Waals surface area contributed by atoms with Gasteiger partial charge in [0.2, 0.25) is 5.91 Å². The number of likely N-dealkylation sites (tertiary alicyclic amines) is 1. The van der Waals surface area contributed by atoms with E-state index >= 15 is 0 Å². The number of carbonyl (C=O) groups is 1. The third kappa shape index (κ3) is 4.53. The molecule has 1 amide bonds. The summed E-state index contributed by atoms with van der Waals surface area (Å²) in [5.41, 5.74) is 0. The Labute approximate surface area is 124 Å². The Morgan fingerprint density at radius 3 is 2.80 bits per heavy atom. The molecule has 2 fully saturated rings. The Morgan fingerprint density at radius 2 is 2.10 bits per heavy atom. The SMILES string of the molecule is CS(=O)CCCNC(=O)C1CCCN1C1CCNCC1. The van der Waals surface area contributed by atoms with Crippen molar-refractivity contribution in [1.82, 2.24) is 15.5 Å². The van der Waals surface area contributed by atoms with Gasteiger partial charge in [-0.15, -0.1) is 0 Å². The molecule has 0 aromatic rings. The summed E-state index contributed by atoms with van der Waals surface area (Å²) >= 11 is 0. The van der Waals surface area contributed by atoms with Crippen LogP contribution in [-0.4, -0.2) is 65.3 Å². The average Bonchev–Trinajstić information content (AvgIpc) is 2.93. The van der Waals surface area contributed by atoms with Crippen molar-refractivity contribution in [2.24, 2.45) is 0 Å². The molecule has 2 N–H and O–H groups in total. The largest absolute Gasteiger partial charge is 0.355 e. The maximum absolute atomic E-state index is 12.3. The minimum Gasteiger partial charge on any atom is -0.355 e. The van der Waals surface area contributed by atoms with E-state index in [1.54, 1.807) is 6.26 Å². The van der Waals surface area contributed by atoms with E-state index < -0.39 is 10.8 Å². The van der Waals surface area contributed by atoms with E-state index in [1.165, 1.54) is 0 Å². The van der Waals surface area contributed by atoms with Gasteiger partial charge in [0.1, 0.15) is 0 Å². The summed E-state index contributed by atoms with van der Waals surface area (Å²) in [5.74, 6) is 0.839. The minimum atomic E-state index is -0.762. The van der Waals surface area contributed by atoms with Gasteiger partial charge >= 0.3 is 0 Å². The molecule has 2 rings (SSSR count). The number of carbonyl (C=O) groups excluding carboxylic acids is 1. The van der Waals surface area contributed by atoms with Crippen LogP contribution in [0.3, 0.4) is 0 Å². The molecular weight excluding hydrogens is 274 g/mol. The van der Waals surface area contributed by atoms with Gasteiger partial charge in [0.05, 0.1) is 6.04 Å². The molecule has 5 nitrogen and oxygen atoms in total. The van der Waals surface area contributed by atoms with E-state index in [9.17, 15) is 9.00 Å². The van der Waals surface area contributed by atoms with E-state index in [0.29, 0.717) is 18.3 Å². The fourth-order valence-electron chi connectivity index (χ4n) is 3.25. The third-order valence-corrected chi connectivity index (χ3v) is 5.15. The molecule has 2 unspecified atom stereocenters. The van der Waals surface area contributed by atoms with Gasteiger partial charge in [-0.2, -0.15) is 0 Å². The van der Waals surface area contributed by atoms with Crippen molar-refractivity contribution in [2.75, 3.05) is 38.2 Å². The number of piperidine rings is 1. The molecule has 2 saturated heterocycles. The summed E-state index contributed by atoms with van der Waals surface area (Å²) in [4.78, 5) is 14.7. The predicted molar refractivity (Wildman–Crippen MR) is 82.2 cm³/mol. The zero-order chi connectivity index (χ0) is 14.4. The van der Waals surface area contributed by atoms with Gasteiger partial charge in [0, 0.05) is 35.4 Å². The van der Waals surface area contributed by atoms with Crippen molar-refractivity contribution in [1.29, 1.82) is 0 Å². The monoisotopic (exact) mass is 301 g/mol. The van der Waals surface area contributed by atoms with E-state index in [0.717, 1.165) is 51.7 Å². The lowest BCUT2D eigenvalue weighted by molar-refractivity contribution is -0.126. The second-order valence-corrected chi connectivity index (χ2v) is 7.35. The van der Waals surface area contributed by atoms with Crippen LogP contribution in [0.15, 0.2) is 0 Å². The summed E-state index contributed by atoms with van der Waals surface area (Å²) in [7, 11) is -0.762. The molecule has 6 heteroatoms. The molecule has 2 aliphatic rings. The summed E-state index contributed by atoms with van der Waals surface area (Å²) in [6, 6.07) is 0.628. The lowest BCUT2D eigenvalue weighted by Gasteiger charge is -2.35. The van der Waals surface area contributed by atoms with Gasteiger partial charge in [-0.05, 0) is 51.7 Å². The van der Waals surface area contributed by atoms with E-state index in [-0.39, 0.29) is 11.9 Å². The van der Waals surface area contributed by atoms with Crippen LogP contribution in [0.4, 0.5) is 0 Å². The van der Waals surface area contributed by atoms with Crippen LogP contribution in [-0.2, 0) is 15.6 Å². The van der Waals surface area contributed by atoms with Crippen LogP contribution in [0, 0.1) is 0 Å². The summed E-state index contributed by atoms with van der Waals surface area (Å²) in [6.07, 6.45) is 6.92.